The maximum atomic E-state index is 11.0. The molecule has 0 fully saturated rings. The van der Waals surface area contributed by atoms with Crippen molar-refractivity contribution in [3.8, 4) is 19.5 Å². The van der Waals surface area contributed by atoms with Crippen LogP contribution >= 0.6 is 34.0 Å². The Labute approximate surface area is 147 Å². The maximum Gasteiger partial charge on any atom is 0.160 e. The molecule has 0 spiro atoms. The highest BCUT2D eigenvalue weighted by Gasteiger charge is 2.20. The summed E-state index contributed by atoms with van der Waals surface area (Å²) in [5, 5.41) is 0. The summed E-state index contributed by atoms with van der Waals surface area (Å²) < 4.78 is 0. The zero-order valence-electron chi connectivity index (χ0n) is 12.9. The number of carbonyl (C=O) groups is 2. The first-order valence-electron chi connectivity index (χ1n) is 7.47. The quantitative estimate of drug-likeness (QED) is 0.509. The topological polar surface area (TPSA) is 34.1 Å². The molecule has 23 heavy (non-hydrogen) atoms. The van der Waals surface area contributed by atoms with Crippen LogP contribution in [0.2, 0.25) is 0 Å². The molecule has 0 saturated carbocycles. The lowest BCUT2D eigenvalue weighted by molar-refractivity contribution is 0.111. The average molecular weight is 361 g/mol. The second-order valence-corrected chi connectivity index (χ2v) is 8.32. The minimum atomic E-state index is 0.759. The number of aldehydes is 2. The molecule has 5 heteroatoms. The van der Waals surface area contributed by atoms with E-state index in [0.717, 1.165) is 44.9 Å². The van der Waals surface area contributed by atoms with Gasteiger partial charge in [0.2, 0.25) is 0 Å². The van der Waals surface area contributed by atoms with Crippen LogP contribution in [0.1, 0.15) is 44.3 Å². The largest absolute Gasteiger partial charge is 0.297 e. The van der Waals surface area contributed by atoms with E-state index in [2.05, 4.69) is 13.8 Å². The van der Waals surface area contributed by atoms with Crippen LogP contribution in [0.25, 0.3) is 19.5 Å². The molecular weight excluding hydrogens is 344 g/mol. The van der Waals surface area contributed by atoms with E-state index >= 15 is 0 Å². The molecule has 3 aromatic heterocycles. The fourth-order valence-corrected chi connectivity index (χ4v) is 6.12. The third-order valence-corrected chi connectivity index (χ3v) is 7.41. The van der Waals surface area contributed by atoms with Crippen molar-refractivity contribution in [1.82, 2.24) is 0 Å². The third kappa shape index (κ3) is 2.96. The van der Waals surface area contributed by atoms with Crippen molar-refractivity contribution in [2.75, 3.05) is 0 Å². The second kappa shape index (κ2) is 6.91. The highest BCUT2D eigenvalue weighted by Crippen LogP contribution is 2.46. The molecule has 0 radical (unpaired) electrons. The summed E-state index contributed by atoms with van der Waals surface area (Å²) in [4.78, 5) is 28.3. The van der Waals surface area contributed by atoms with Crippen LogP contribution in [-0.4, -0.2) is 12.6 Å². The van der Waals surface area contributed by atoms with Gasteiger partial charge in [0, 0.05) is 19.5 Å². The van der Waals surface area contributed by atoms with Gasteiger partial charge in [0.25, 0.3) is 0 Å². The maximum absolute atomic E-state index is 11.0. The molecule has 3 heterocycles. The Bertz CT molecular complexity index is 783. The molecule has 118 valence electrons. The molecule has 0 aliphatic rings. The Hall–Kier alpha value is -1.56. The number of rotatable bonds is 6. The van der Waals surface area contributed by atoms with Gasteiger partial charge in [0.1, 0.15) is 0 Å². The van der Waals surface area contributed by atoms with E-state index in [4.69, 9.17) is 0 Å². The van der Waals surface area contributed by atoms with Gasteiger partial charge in [-0.15, -0.1) is 34.0 Å². The van der Waals surface area contributed by atoms with Gasteiger partial charge in [-0.2, -0.15) is 0 Å². The summed E-state index contributed by atoms with van der Waals surface area (Å²) in [5.41, 5.74) is 2.74. The predicted molar refractivity (Wildman–Crippen MR) is 100 cm³/mol. The number of hydrogen-bond donors (Lipinski definition) is 0. The Kier molecular flexibility index (Phi) is 4.90. The van der Waals surface area contributed by atoms with Gasteiger partial charge in [-0.25, -0.2) is 0 Å². The van der Waals surface area contributed by atoms with Gasteiger partial charge < -0.3 is 0 Å². The van der Waals surface area contributed by atoms with E-state index in [9.17, 15) is 9.59 Å². The zero-order valence-corrected chi connectivity index (χ0v) is 15.4. The van der Waals surface area contributed by atoms with Crippen LogP contribution in [0.3, 0.4) is 0 Å². The van der Waals surface area contributed by atoms with Crippen molar-refractivity contribution < 1.29 is 9.59 Å². The average Bonchev–Trinajstić information content (AvgIpc) is 3.29. The lowest BCUT2D eigenvalue weighted by Crippen LogP contribution is -1.88. The fourth-order valence-electron chi connectivity index (χ4n) is 2.72. The molecule has 0 saturated heterocycles. The van der Waals surface area contributed by atoms with Gasteiger partial charge in [0.15, 0.2) is 12.6 Å². The molecule has 0 N–H and O–H groups in total. The molecule has 0 aromatic carbocycles. The Morgan fingerprint density at radius 3 is 1.48 bits per heavy atom. The molecular formula is C18H16O2S3. The number of thiophene rings is 3. The molecule has 0 atom stereocenters. The van der Waals surface area contributed by atoms with E-state index in [1.165, 1.54) is 20.9 Å². The minimum absolute atomic E-state index is 0.759. The molecule has 0 amide bonds. The van der Waals surface area contributed by atoms with Crippen LogP contribution < -0.4 is 0 Å². The third-order valence-electron chi connectivity index (χ3n) is 3.76. The lowest BCUT2D eigenvalue weighted by Gasteiger charge is -2.03. The minimum Gasteiger partial charge on any atom is -0.297 e. The van der Waals surface area contributed by atoms with E-state index in [1.807, 2.05) is 24.3 Å². The van der Waals surface area contributed by atoms with Crippen molar-refractivity contribution in [3.05, 3.63) is 45.1 Å². The number of carbonyl (C=O) groups excluding carboxylic acids is 2. The van der Waals surface area contributed by atoms with Gasteiger partial charge in [-0.1, -0.05) is 13.8 Å². The van der Waals surface area contributed by atoms with Crippen LogP contribution in [0.15, 0.2) is 24.3 Å². The van der Waals surface area contributed by atoms with Gasteiger partial charge in [-0.05, 0) is 48.2 Å². The lowest BCUT2D eigenvalue weighted by atomic mass is 10.0. The monoisotopic (exact) mass is 360 g/mol. The smallest absolute Gasteiger partial charge is 0.160 e. The Morgan fingerprint density at radius 1 is 0.739 bits per heavy atom. The first-order chi connectivity index (χ1) is 11.2. The first-order valence-corrected chi connectivity index (χ1v) is 9.92. The van der Waals surface area contributed by atoms with Crippen LogP contribution in [0.4, 0.5) is 0 Å². The van der Waals surface area contributed by atoms with Crippen LogP contribution in [0, 0.1) is 0 Å². The Morgan fingerprint density at radius 2 is 1.17 bits per heavy atom. The highest BCUT2D eigenvalue weighted by molar-refractivity contribution is 7.27. The second-order valence-electron chi connectivity index (χ2n) is 5.06. The van der Waals surface area contributed by atoms with Crippen molar-refractivity contribution in [2.45, 2.75) is 26.7 Å². The van der Waals surface area contributed by atoms with Gasteiger partial charge in [0.05, 0.1) is 9.75 Å². The fraction of sp³-hybridized carbons (Fsp3) is 0.222. The van der Waals surface area contributed by atoms with E-state index < -0.39 is 0 Å². The molecule has 0 unspecified atom stereocenters. The van der Waals surface area contributed by atoms with Crippen molar-refractivity contribution >= 4 is 46.6 Å². The van der Waals surface area contributed by atoms with Crippen LogP contribution in [-0.2, 0) is 12.8 Å². The first kappa shape index (κ1) is 16.3. The van der Waals surface area contributed by atoms with E-state index in [0.29, 0.717) is 0 Å². The summed E-state index contributed by atoms with van der Waals surface area (Å²) in [6.45, 7) is 4.35. The molecule has 0 aliphatic heterocycles. The number of hydrogen-bond acceptors (Lipinski definition) is 5. The molecule has 0 aliphatic carbocycles. The molecule has 3 aromatic rings. The highest BCUT2D eigenvalue weighted by atomic mass is 32.1. The predicted octanol–water partition coefficient (Wildman–Crippen LogP) is 5.95. The van der Waals surface area contributed by atoms with Crippen LogP contribution in [0.5, 0.6) is 0 Å². The summed E-state index contributed by atoms with van der Waals surface area (Å²) in [5.74, 6) is 0. The van der Waals surface area contributed by atoms with E-state index in [1.54, 1.807) is 34.0 Å². The normalized spacial score (nSPS) is 10.9. The van der Waals surface area contributed by atoms with Gasteiger partial charge in [-0.3, -0.25) is 9.59 Å². The summed E-state index contributed by atoms with van der Waals surface area (Å²) in [6, 6.07) is 7.84. The Balaban J connectivity index is 2.17. The van der Waals surface area contributed by atoms with Crippen molar-refractivity contribution in [1.29, 1.82) is 0 Å². The van der Waals surface area contributed by atoms with Gasteiger partial charge >= 0.3 is 0 Å². The summed E-state index contributed by atoms with van der Waals surface area (Å²) in [7, 11) is 0. The summed E-state index contributed by atoms with van der Waals surface area (Å²) >= 11 is 4.86. The summed E-state index contributed by atoms with van der Waals surface area (Å²) in [6.07, 6.45) is 3.75. The standard InChI is InChI=1S/C18H16O2S3/c1-3-13-14(4-2)18(16-8-6-12(10-20)22-16)23-17(13)15-7-5-11(9-19)21-15/h5-10H,3-4H2,1-2H3. The van der Waals surface area contributed by atoms with Crippen molar-refractivity contribution in [3.63, 3.8) is 0 Å². The molecule has 3 rings (SSSR count). The van der Waals surface area contributed by atoms with Crippen molar-refractivity contribution in [2.24, 2.45) is 0 Å². The van der Waals surface area contributed by atoms with E-state index in [-0.39, 0.29) is 0 Å². The molecule has 0 bridgehead atoms. The SMILES string of the molecule is CCc1c(-c2ccc(C=O)s2)sc(-c2ccc(C=O)s2)c1CC. The molecule has 2 nitrogen and oxygen atoms in total. The zero-order chi connectivity index (χ0) is 16.4.